The third-order valence-electron chi connectivity index (χ3n) is 6.42. The minimum Gasteiger partial charge on any atom is -0.493 e. The predicted octanol–water partition coefficient (Wildman–Crippen LogP) is 4.09. The van der Waals surface area contributed by atoms with Gasteiger partial charge in [0, 0.05) is 36.8 Å². The Balaban J connectivity index is 1.35. The molecule has 36 heavy (non-hydrogen) atoms. The van der Waals surface area contributed by atoms with Crippen LogP contribution in [0.3, 0.4) is 0 Å². The van der Waals surface area contributed by atoms with Crippen LogP contribution in [-0.2, 0) is 16.7 Å². The van der Waals surface area contributed by atoms with Gasteiger partial charge in [-0.05, 0) is 81.3 Å². The molecule has 0 radical (unpaired) electrons. The van der Waals surface area contributed by atoms with Crippen molar-refractivity contribution in [2.75, 3.05) is 32.6 Å². The molecule has 0 unspecified atom stereocenters. The van der Waals surface area contributed by atoms with Crippen LogP contribution >= 0.6 is 0 Å². The first kappa shape index (κ1) is 26.3. The maximum Gasteiger partial charge on any atom is 0.306 e. The number of hydrogen-bond donors (Lipinski definition) is 1. The summed E-state index contributed by atoms with van der Waals surface area (Å²) in [5, 5.41) is 3.08. The molecule has 2 aliphatic rings. The summed E-state index contributed by atoms with van der Waals surface area (Å²) in [6.45, 7) is 7.80. The summed E-state index contributed by atoms with van der Waals surface area (Å²) >= 11 is 0. The van der Waals surface area contributed by atoms with Crippen molar-refractivity contribution in [2.24, 2.45) is 0 Å². The van der Waals surface area contributed by atoms with E-state index in [1.165, 1.54) is 36.1 Å². The monoisotopic (exact) mass is 516 g/mol. The number of carbonyl (C=O) groups is 1. The fourth-order valence-electron chi connectivity index (χ4n) is 4.70. The Hall–Kier alpha value is -2.78. The van der Waals surface area contributed by atoms with E-state index in [0.29, 0.717) is 24.7 Å². The van der Waals surface area contributed by atoms with Crippen LogP contribution in [0.15, 0.2) is 36.4 Å². The van der Waals surface area contributed by atoms with Gasteiger partial charge in [-0.25, -0.2) is 0 Å². The highest BCUT2D eigenvalue weighted by molar-refractivity contribution is 7.86. The average Bonchev–Trinajstić information content (AvgIpc) is 3.65. The lowest BCUT2D eigenvalue weighted by atomic mass is 10.0. The highest BCUT2D eigenvalue weighted by Gasteiger charge is 2.31. The molecular formula is C27H36N2O6S. The number of nitrogens with zero attached hydrogens (tertiary/aromatic N) is 1. The summed E-state index contributed by atoms with van der Waals surface area (Å²) in [6, 6.07) is 10.6. The zero-order valence-electron chi connectivity index (χ0n) is 21.3. The molecule has 1 heterocycles. The minimum atomic E-state index is -3.65. The average molecular weight is 517 g/mol. The van der Waals surface area contributed by atoms with Gasteiger partial charge in [-0.1, -0.05) is 6.07 Å². The lowest BCUT2D eigenvalue weighted by Gasteiger charge is -2.32. The first-order chi connectivity index (χ1) is 17.3. The first-order valence-corrected chi connectivity index (χ1v) is 14.5. The van der Waals surface area contributed by atoms with Crippen molar-refractivity contribution >= 4 is 16.0 Å². The molecule has 1 aliphatic heterocycles. The third-order valence-corrected chi connectivity index (χ3v) is 6.92. The Kier molecular flexibility index (Phi) is 8.41. The highest BCUT2D eigenvalue weighted by atomic mass is 32.2. The smallest absolute Gasteiger partial charge is 0.306 e. The molecule has 2 aromatic carbocycles. The van der Waals surface area contributed by atoms with Crippen molar-refractivity contribution < 1.29 is 26.9 Å². The van der Waals surface area contributed by atoms with E-state index in [4.69, 9.17) is 13.7 Å². The van der Waals surface area contributed by atoms with Crippen molar-refractivity contribution in [2.45, 2.75) is 58.0 Å². The van der Waals surface area contributed by atoms with Gasteiger partial charge in [0.05, 0.1) is 19.5 Å². The first-order valence-electron chi connectivity index (χ1n) is 12.7. The molecule has 0 bridgehead atoms. The van der Waals surface area contributed by atoms with E-state index in [1.807, 2.05) is 13.8 Å². The maximum absolute atomic E-state index is 12.7. The van der Waals surface area contributed by atoms with E-state index in [-0.39, 0.29) is 17.7 Å². The van der Waals surface area contributed by atoms with Crippen LogP contribution < -0.4 is 19.0 Å². The standard InChI is InChI=1S/C27H36N2O6S/c1-4-33-24-15-19(16-25(34-5-2)26(24)20-9-10-20)18-29-13-11-22(12-14-29)28-27(30)21-7-6-8-23(17-21)35-36(3,31)32/h6-8,15-17,20,22H,4-5,9-14,18H2,1-3H3,(H,28,30). The van der Waals surface area contributed by atoms with Crippen LogP contribution in [-0.4, -0.2) is 57.8 Å². The van der Waals surface area contributed by atoms with E-state index < -0.39 is 10.1 Å². The Labute approximate surface area is 214 Å². The summed E-state index contributed by atoms with van der Waals surface area (Å²) < 4.78 is 39.6. The van der Waals surface area contributed by atoms with Crippen molar-refractivity contribution in [3.8, 4) is 17.2 Å². The van der Waals surface area contributed by atoms with Crippen molar-refractivity contribution in [1.29, 1.82) is 0 Å². The number of piperidine rings is 1. The second kappa shape index (κ2) is 11.5. The Morgan fingerprint density at radius 3 is 2.19 bits per heavy atom. The Bertz CT molecular complexity index is 1140. The molecule has 9 heteroatoms. The number of amides is 1. The summed E-state index contributed by atoms with van der Waals surface area (Å²) in [6.07, 6.45) is 5.02. The van der Waals surface area contributed by atoms with E-state index in [9.17, 15) is 13.2 Å². The van der Waals surface area contributed by atoms with Gasteiger partial charge in [-0.2, -0.15) is 8.42 Å². The van der Waals surface area contributed by atoms with Crippen LogP contribution in [0.5, 0.6) is 17.2 Å². The number of benzene rings is 2. The zero-order chi connectivity index (χ0) is 25.7. The fraction of sp³-hybridized carbons (Fsp3) is 0.519. The van der Waals surface area contributed by atoms with Crippen LogP contribution in [0.4, 0.5) is 0 Å². The SMILES string of the molecule is CCOc1cc(CN2CCC(NC(=O)c3cccc(OS(C)(=O)=O)c3)CC2)cc(OCC)c1C1CC1. The van der Waals surface area contributed by atoms with Crippen LogP contribution in [0.2, 0.25) is 0 Å². The minimum absolute atomic E-state index is 0.0587. The molecule has 8 nitrogen and oxygen atoms in total. The van der Waals surface area contributed by atoms with Crippen LogP contribution in [0, 0.1) is 0 Å². The van der Waals surface area contributed by atoms with E-state index in [2.05, 4.69) is 22.3 Å². The molecule has 1 saturated heterocycles. The quantitative estimate of drug-likeness (QED) is 0.450. The topological polar surface area (TPSA) is 94.2 Å². The summed E-state index contributed by atoms with van der Waals surface area (Å²) in [4.78, 5) is 15.1. The summed E-state index contributed by atoms with van der Waals surface area (Å²) in [5.74, 6) is 2.34. The van der Waals surface area contributed by atoms with Crippen LogP contribution in [0.1, 0.15) is 66.9 Å². The number of rotatable bonds is 11. The molecule has 1 amide bonds. The second-order valence-electron chi connectivity index (χ2n) is 9.49. The molecule has 2 aromatic rings. The van der Waals surface area contributed by atoms with Gasteiger partial charge < -0.3 is 19.0 Å². The predicted molar refractivity (Wildman–Crippen MR) is 138 cm³/mol. The second-order valence-corrected chi connectivity index (χ2v) is 11.1. The normalized spacial score (nSPS) is 17.0. The van der Waals surface area contributed by atoms with Gasteiger partial charge in [0.25, 0.3) is 5.91 Å². The molecule has 2 fully saturated rings. The highest BCUT2D eigenvalue weighted by Crippen LogP contribution is 2.49. The number of hydrogen-bond acceptors (Lipinski definition) is 7. The van der Waals surface area contributed by atoms with Gasteiger partial charge in [0.2, 0.25) is 0 Å². The molecule has 1 saturated carbocycles. The van der Waals surface area contributed by atoms with Gasteiger partial charge in [0.1, 0.15) is 17.2 Å². The Morgan fingerprint density at radius 1 is 1.00 bits per heavy atom. The van der Waals surface area contributed by atoms with E-state index >= 15 is 0 Å². The fourth-order valence-corrected chi connectivity index (χ4v) is 5.15. The summed E-state index contributed by atoms with van der Waals surface area (Å²) in [5.41, 5.74) is 2.77. The van der Waals surface area contributed by atoms with Crippen LogP contribution in [0.25, 0.3) is 0 Å². The Morgan fingerprint density at radius 2 is 1.64 bits per heavy atom. The molecule has 0 spiro atoms. The molecule has 1 N–H and O–H groups in total. The molecular weight excluding hydrogens is 480 g/mol. The number of carbonyl (C=O) groups excluding carboxylic acids is 1. The maximum atomic E-state index is 12.7. The molecule has 4 rings (SSSR count). The van der Waals surface area contributed by atoms with Gasteiger partial charge >= 0.3 is 10.1 Å². The number of ether oxygens (including phenoxy) is 2. The number of nitrogens with one attached hydrogen (secondary N) is 1. The van der Waals surface area contributed by atoms with Gasteiger partial charge in [-0.15, -0.1) is 0 Å². The van der Waals surface area contributed by atoms with Crippen molar-refractivity contribution in [3.63, 3.8) is 0 Å². The molecule has 196 valence electrons. The van der Waals surface area contributed by atoms with Crippen molar-refractivity contribution in [1.82, 2.24) is 10.2 Å². The number of likely N-dealkylation sites (tertiary alicyclic amines) is 1. The molecule has 0 aromatic heterocycles. The zero-order valence-corrected chi connectivity index (χ0v) is 22.1. The lowest BCUT2D eigenvalue weighted by Crippen LogP contribution is -2.44. The third kappa shape index (κ3) is 7.13. The van der Waals surface area contributed by atoms with Gasteiger partial charge in [0.15, 0.2) is 0 Å². The molecule has 0 atom stereocenters. The lowest BCUT2D eigenvalue weighted by molar-refractivity contribution is 0.0908. The van der Waals surface area contributed by atoms with E-state index in [0.717, 1.165) is 50.2 Å². The van der Waals surface area contributed by atoms with Crippen molar-refractivity contribution in [3.05, 3.63) is 53.1 Å². The molecule has 1 aliphatic carbocycles. The van der Waals surface area contributed by atoms with Gasteiger partial charge in [-0.3, -0.25) is 9.69 Å². The van der Waals surface area contributed by atoms with E-state index in [1.54, 1.807) is 12.1 Å². The largest absolute Gasteiger partial charge is 0.493 e. The summed E-state index contributed by atoms with van der Waals surface area (Å²) in [7, 11) is -3.65.